The maximum Gasteiger partial charge on any atom is 0.237 e. The van der Waals surface area contributed by atoms with Gasteiger partial charge in [-0.25, -0.2) is 9.97 Å². The highest BCUT2D eigenvalue weighted by Crippen LogP contribution is 2.34. The second kappa shape index (κ2) is 15.2. The van der Waals surface area contributed by atoms with Crippen LogP contribution in [0.3, 0.4) is 0 Å². The lowest BCUT2D eigenvalue weighted by atomic mass is 9.87. The average molecular weight is 688 g/mol. The normalized spacial score (nSPS) is 17.8. The molecule has 7 rings (SSSR count). The Morgan fingerprint density at radius 3 is 2.45 bits per heavy atom. The Morgan fingerprint density at radius 1 is 0.961 bits per heavy atom. The van der Waals surface area contributed by atoms with Gasteiger partial charge in [0, 0.05) is 61.3 Å². The van der Waals surface area contributed by atoms with Crippen LogP contribution in [0.15, 0.2) is 91.3 Å². The van der Waals surface area contributed by atoms with Crippen LogP contribution in [0.4, 0.5) is 5.69 Å². The molecule has 12 heteroatoms. The van der Waals surface area contributed by atoms with Gasteiger partial charge in [-0.3, -0.25) is 19.6 Å². The number of H-pyrrole nitrogens is 1. The van der Waals surface area contributed by atoms with Gasteiger partial charge in [-0.15, -0.1) is 0 Å². The van der Waals surface area contributed by atoms with Gasteiger partial charge in [-0.2, -0.15) is 5.10 Å². The molecule has 3 aromatic carbocycles. The summed E-state index contributed by atoms with van der Waals surface area (Å²) in [6.45, 7) is 2.86. The van der Waals surface area contributed by atoms with Gasteiger partial charge < -0.3 is 24.8 Å². The summed E-state index contributed by atoms with van der Waals surface area (Å²) in [6, 6.07) is 23.2. The second-order valence-electron chi connectivity index (χ2n) is 13.0. The smallest absolute Gasteiger partial charge is 0.237 e. The molecule has 0 saturated carbocycles. The van der Waals surface area contributed by atoms with Crippen molar-refractivity contribution in [2.24, 2.45) is 5.41 Å². The van der Waals surface area contributed by atoms with Crippen molar-refractivity contribution in [3.05, 3.63) is 96.8 Å². The molecule has 2 aliphatic rings. The van der Waals surface area contributed by atoms with Crippen LogP contribution in [0.25, 0.3) is 39.1 Å². The van der Waals surface area contributed by atoms with Crippen molar-refractivity contribution in [3.63, 3.8) is 0 Å². The first-order valence-electron chi connectivity index (χ1n) is 17.1. The Kier molecular flexibility index (Phi) is 10.2. The van der Waals surface area contributed by atoms with E-state index in [1.54, 1.807) is 25.6 Å². The molecule has 2 aromatic heterocycles. The maximum absolute atomic E-state index is 13.7. The highest BCUT2D eigenvalue weighted by Gasteiger charge is 2.45. The van der Waals surface area contributed by atoms with Crippen molar-refractivity contribution < 1.29 is 24.2 Å². The van der Waals surface area contributed by atoms with Gasteiger partial charge in [0.25, 0.3) is 0 Å². The summed E-state index contributed by atoms with van der Waals surface area (Å²) in [5, 5.41) is 22.0. The molecule has 1 unspecified atom stereocenters. The molecular weight excluding hydrogens is 646 g/mol. The summed E-state index contributed by atoms with van der Waals surface area (Å²) in [4.78, 5) is 39.5. The Hall–Kier alpha value is -5.43. The Bertz CT molecular complexity index is 2010. The molecule has 12 nitrogen and oxygen atoms in total. The minimum absolute atomic E-state index is 0.0172. The summed E-state index contributed by atoms with van der Waals surface area (Å²) in [7, 11) is 1.63. The zero-order chi connectivity index (χ0) is 35.2. The SMILES string of the molecule is COCCOc1ccc(-c2n[nH]c3ccc(NC(=O)C4(CO)CCN(CC(=O)N5CC=C(c6ccc(-c7ncccn7)cc6)CC5)C4)cc23)cc1. The number of ether oxygens (including phenoxy) is 2. The first kappa shape index (κ1) is 34.0. The van der Waals surface area contributed by atoms with E-state index in [1.807, 2.05) is 64.4 Å². The Morgan fingerprint density at radius 2 is 1.73 bits per heavy atom. The Balaban J connectivity index is 0.947. The van der Waals surface area contributed by atoms with Crippen molar-refractivity contribution in [2.75, 3.05) is 65.0 Å². The number of anilines is 1. The quantitative estimate of drug-likeness (QED) is 0.160. The fraction of sp³-hybridized carbons (Fsp3) is 0.308. The lowest BCUT2D eigenvalue weighted by Gasteiger charge is -2.29. The zero-order valence-electron chi connectivity index (χ0n) is 28.5. The topological polar surface area (TPSA) is 146 Å². The number of nitrogens with zero attached hydrogens (tertiary/aromatic N) is 5. The molecule has 262 valence electrons. The molecule has 0 radical (unpaired) electrons. The van der Waals surface area contributed by atoms with E-state index in [9.17, 15) is 14.7 Å². The summed E-state index contributed by atoms with van der Waals surface area (Å²) >= 11 is 0. The van der Waals surface area contributed by atoms with Crippen LogP contribution in [0.1, 0.15) is 18.4 Å². The largest absolute Gasteiger partial charge is 0.491 e. The number of benzene rings is 3. The van der Waals surface area contributed by atoms with Crippen molar-refractivity contribution in [2.45, 2.75) is 12.8 Å². The molecule has 5 aromatic rings. The summed E-state index contributed by atoms with van der Waals surface area (Å²) < 4.78 is 10.7. The molecule has 0 aliphatic carbocycles. The predicted molar refractivity (Wildman–Crippen MR) is 195 cm³/mol. The molecule has 51 heavy (non-hydrogen) atoms. The number of aliphatic hydroxyl groups is 1. The highest BCUT2D eigenvalue weighted by atomic mass is 16.5. The zero-order valence-corrected chi connectivity index (χ0v) is 28.5. The first-order valence-corrected chi connectivity index (χ1v) is 17.1. The third-order valence-corrected chi connectivity index (χ3v) is 9.72. The van der Waals surface area contributed by atoms with E-state index in [1.165, 1.54) is 5.57 Å². The van der Waals surface area contributed by atoms with E-state index in [-0.39, 0.29) is 25.0 Å². The minimum atomic E-state index is -1.01. The average Bonchev–Trinajstić information content (AvgIpc) is 3.80. The number of hydrogen-bond acceptors (Lipinski definition) is 9. The summed E-state index contributed by atoms with van der Waals surface area (Å²) in [5.74, 6) is 1.18. The number of amides is 2. The van der Waals surface area contributed by atoms with E-state index in [4.69, 9.17) is 9.47 Å². The number of hydrogen-bond donors (Lipinski definition) is 3. The number of aromatic amines is 1. The van der Waals surface area contributed by atoms with Crippen LogP contribution in [0.2, 0.25) is 0 Å². The molecule has 1 atom stereocenters. The van der Waals surface area contributed by atoms with Gasteiger partial charge in [0.1, 0.15) is 12.4 Å². The predicted octanol–water partition coefficient (Wildman–Crippen LogP) is 4.65. The van der Waals surface area contributed by atoms with Crippen LogP contribution < -0.4 is 10.1 Å². The third kappa shape index (κ3) is 7.53. The van der Waals surface area contributed by atoms with Crippen LogP contribution >= 0.6 is 0 Å². The molecule has 1 saturated heterocycles. The minimum Gasteiger partial charge on any atom is -0.491 e. The van der Waals surface area contributed by atoms with Gasteiger partial charge in [0.05, 0.1) is 36.4 Å². The third-order valence-electron chi connectivity index (χ3n) is 9.72. The molecular formula is C39H41N7O5. The lowest BCUT2D eigenvalue weighted by molar-refractivity contribution is -0.133. The molecule has 0 spiro atoms. The summed E-state index contributed by atoms with van der Waals surface area (Å²) in [5.41, 5.74) is 5.38. The number of aliphatic hydroxyl groups excluding tert-OH is 1. The first-order chi connectivity index (χ1) is 24.9. The number of nitrogens with one attached hydrogen (secondary N) is 2. The van der Waals surface area contributed by atoms with Crippen LogP contribution in [-0.4, -0.2) is 107 Å². The molecule has 2 aliphatic heterocycles. The molecule has 0 bridgehead atoms. The van der Waals surface area contributed by atoms with E-state index >= 15 is 0 Å². The van der Waals surface area contributed by atoms with E-state index in [2.05, 4.69) is 43.7 Å². The number of carbonyl (C=O) groups is 2. The number of likely N-dealkylation sites (tertiary alicyclic amines) is 1. The van der Waals surface area contributed by atoms with Crippen LogP contribution in [0.5, 0.6) is 5.75 Å². The van der Waals surface area contributed by atoms with Crippen LogP contribution in [0, 0.1) is 5.41 Å². The number of aromatic nitrogens is 4. The molecule has 1 fully saturated rings. The standard InChI is InChI=1S/C39H41N7O5/c1-50-21-22-51-32-10-7-29(8-11-32)36-33-23-31(9-12-34(33)43-44-36)42-38(49)39(26-47)15-20-45(25-39)24-35(48)46-18-13-28(14-19-46)27-3-5-30(6-4-27)37-40-16-2-17-41-37/h2-13,16-17,23,47H,14-15,18-22,24-26H2,1H3,(H,42,49)(H,43,44). The van der Waals surface area contributed by atoms with Crippen molar-refractivity contribution in [1.82, 2.24) is 30.0 Å². The van der Waals surface area contributed by atoms with Gasteiger partial charge in [0.2, 0.25) is 11.8 Å². The van der Waals surface area contributed by atoms with Crippen molar-refractivity contribution in [3.8, 4) is 28.4 Å². The number of fused-ring (bicyclic) bond motifs is 1. The Labute approximate surface area is 296 Å². The van der Waals surface area contributed by atoms with Crippen LogP contribution in [-0.2, 0) is 14.3 Å². The van der Waals surface area contributed by atoms with E-state index < -0.39 is 5.41 Å². The number of methoxy groups -OCH3 is 1. The van der Waals surface area contributed by atoms with Gasteiger partial charge in [0.15, 0.2) is 5.82 Å². The number of carbonyl (C=O) groups excluding carboxylic acids is 2. The molecule has 3 N–H and O–H groups in total. The van der Waals surface area contributed by atoms with E-state index in [0.29, 0.717) is 57.3 Å². The second-order valence-corrected chi connectivity index (χ2v) is 13.0. The fourth-order valence-corrected chi connectivity index (χ4v) is 6.74. The lowest BCUT2D eigenvalue weighted by Crippen LogP contribution is -2.45. The fourth-order valence-electron chi connectivity index (χ4n) is 6.74. The van der Waals surface area contributed by atoms with E-state index in [0.717, 1.165) is 45.5 Å². The summed E-state index contributed by atoms with van der Waals surface area (Å²) in [6.07, 6.45) is 6.78. The maximum atomic E-state index is 13.7. The monoisotopic (exact) mass is 687 g/mol. The van der Waals surface area contributed by atoms with Gasteiger partial charge >= 0.3 is 0 Å². The highest BCUT2D eigenvalue weighted by molar-refractivity contribution is 6.00. The van der Waals surface area contributed by atoms with Crippen molar-refractivity contribution >= 4 is 34.0 Å². The number of rotatable bonds is 12. The molecule has 4 heterocycles. The molecule has 2 amide bonds. The van der Waals surface area contributed by atoms with Crippen molar-refractivity contribution in [1.29, 1.82) is 0 Å². The van der Waals surface area contributed by atoms with Gasteiger partial charge in [-0.1, -0.05) is 30.3 Å². The van der Waals surface area contributed by atoms with Gasteiger partial charge in [-0.05, 0) is 79.1 Å².